The van der Waals surface area contributed by atoms with Crippen LogP contribution in [0.2, 0.25) is 0 Å². The Kier molecular flexibility index (Phi) is 5.33. The summed E-state index contributed by atoms with van der Waals surface area (Å²) in [6, 6.07) is 5.87. The van der Waals surface area contributed by atoms with Crippen molar-refractivity contribution >= 4 is 16.0 Å². The maximum absolute atomic E-state index is 12.0. The van der Waals surface area contributed by atoms with Crippen molar-refractivity contribution in [2.24, 2.45) is 5.92 Å². The first-order valence-corrected chi connectivity index (χ1v) is 8.49. The highest BCUT2D eigenvalue weighted by Crippen LogP contribution is 2.14. The third kappa shape index (κ3) is 5.11. The number of nitrogens with one attached hydrogen (secondary N) is 1. The lowest BCUT2D eigenvalue weighted by atomic mass is 10.0. The van der Waals surface area contributed by atoms with Crippen LogP contribution >= 0.6 is 0 Å². The Morgan fingerprint density at radius 3 is 2.43 bits per heavy atom. The second kappa shape index (κ2) is 7.02. The molecule has 0 unspecified atom stereocenters. The van der Waals surface area contributed by atoms with Crippen molar-refractivity contribution in [3.05, 3.63) is 35.4 Å². The second-order valence-electron chi connectivity index (χ2n) is 5.17. The number of carbonyl (C=O) groups is 1. The Bertz CT molecular complexity index is 576. The van der Waals surface area contributed by atoms with Gasteiger partial charge in [-0.15, -0.1) is 0 Å². The molecule has 1 fully saturated rings. The topological polar surface area (TPSA) is 92.7 Å². The van der Waals surface area contributed by atoms with E-state index in [9.17, 15) is 13.2 Å². The molecular weight excluding hydrogens is 294 g/mol. The van der Waals surface area contributed by atoms with Crippen molar-refractivity contribution in [2.45, 2.75) is 18.6 Å². The second-order valence-corrected chi connectivity index (χ2v) is 6.97. The van der Waals surface area contributed by atoms with Gasteiger partial charge in [-0.3, -0.25) is 0 Å². The van der Waals surface area contributed by atoms with Gasteiger partial charge in [0.25, 0.3) is 0 Å². The van der Waals surface area contributed by atoms with Gasteiger partial charge in [-0.1, -0.05) is 12.1 Å². The molecule has 0 bridgehead atoms. The maximum atomic E-state index is 12.0. The number of carboxylic acids is 1. The predicted molar refractivity (Wildman–Crippen MR) is 77.6 cm³/mol. The number of aromatic carboxylic acids is 1. The Morgan fingerprint density at radius 2 is 1.86 bits per heavy atom. The molecule has 1 saturated heterocycles. The molecule has 2 N–H and O–H groups in total. The van der Waals surface area contributed by atoms with Gasteiger partial charge in [-0.2, -0.15) is 0 Å². The van der Waals surface area contributed by atoms with Crippen LogP contribution in [0.1, 0.15) is 28.8 Å². The smallest absolute Gasteiger partial charge is 0.335 e. The fraction of sp³-hybridized carbons (Fsp3) is 0.500. The zero-order chi connectivity index (χ0) is 15.3. The summed E-state index contributed by atoms with van der Waals surface area (Å²) in [6.07, 6.45) is 1.74. The molecule has 7 heteroatoms. The number of carboxylic acid groups (broad SMARTS) is 1. The van der Waals surface area contributed by atoms with E-state index in [-0.39, 0.29) is 11.3 Å². The minimum atomic E-state index is -3.41. The van der Waals surface area contributed by atoms with Gasteiger partial charge in [0.1, 0.15) is 0 Å². The normalized spacial score (nSPS) is 16.8. The Hall–Kier alpha value is -1.44. The molecule has 116 valence electrons. The standard InChI is InChI=1S/C14H19NO5S/c16-14(17)13-3-1-12(2-4-13)10-21(18,19)15-9-11-5-7-20-8-6-11/h1-4,11,15H,5-10H2,(H,16,17). The van der Waals surface area contributed by atoms with Gasteiger partial charge in [-0.25, -0.2) is 17.9 Å². The van der Waals surface area contributed by atoms with E-state index in [1.54, 1.807) is 0 Å². The number of hydrogen-bond acceptors (Lipinski definition) is 4. The minimum absolute atomic E-state index is 0.143. The molecule has 1 heterocycles. The Balaban J connectivity index is 1.89. The quantitative estimate of drug-likeness (QED) is 0.824. The monoisotopic (exact) mass is 313 g/mol. The van der Waals surface area contributed by atoms with Gasteiger partial charge >= 0.3 is 5.97 Å². The third-order valence-electron chi connectivity index (χ3n) is 3.49. The van der Waals surface area contributed by atoms with Crippen molar-refractivity contribution in [2.75, 3.05) is 19.8 Å². The van der Waals surface area contributed by atoms with Crippen LogP contribution in [0.4, 0.5) is 0 Å². The van der Waals surface area contributed by atoms with Crippen molar-refractivity contribution in [3.63, 3.8) is 0 Å². The number of sulfonamides is 1. The van der Waals surface area contributed by atoms with Crippen molar-refractivity contribution in [1.29, 1.82) is 0 Å². The van der Waals surface area contributed by atoms with E-state index < -0.39 is 16.0 Å². The summed E-state index contributed by atoms with van der Waals surface area (Å²) < 4.78 is 31.9. The fourth-order valence-electron chi connectivity index (χ4n) is 2.21. The minimum Gasteiger partial charge on any atom is -0.478 e. The van der Waals surface area contributed by atoms with Crippen LogP contribution in [-0.4, -0.2) is 39.3 Å². The average Bonchev–Trinajstić information content (AvgIpc) is 2.46. The lowest BCUT2D eigenvalue weighted by Crippen LogP contribution is -2.32. The van der Waals surface area contributed by atoms with E-state index >= 15 is 0 Å². The van der Waals surface area contributed by atoms with Gasteiger partial charge in [0, 0.05) is 19.8 Å². The number of ether oxygens (including phenoxy) is 1. The van der Waals surface area contributed by atoms with Crippen LogP contribution in [0.15, 0.2) is 24.3 Å². The number of rotatable bonds is 6. The first-order valence-electron chi connectivity index (χ1n) is 6.83. The molecule has 0 spiro atoms. The highest BCUT2D eigenvalue weighted by Gasteiger charge is 2.18. The molecular formula is C14H19NO5S. The zero-order valence-corrected chi connectivity index (χ0v) is 12.4. The molecule has 1 aromatic carbocycles. The highest BCUT2D eigenvalue weighted by atomic mass is 32.2. The average molecular weight is 313 g/mol. The summed E-state index contributed by atoms with van der Waals surface area (Å²) in [5.41, 5.74) is 0.714. The first-order chi connectivity index (χ1) is 9.96. The molecule has 1 aliphatic heterocycles. The van der Waals surface area contributed by atoms with E-state index in [1.165, 1.54) is 24.3 Å². The lowest BCUT2D eigenvalue weighted by Gasteiger charge is -2.22. The zero-order valence-electron chi connectivity index (χ0n) is 11.6. The molecule has 0 aromatic heterocycles. The van der Waals surface area contributed by atoms with Crippen LogP contribution in [-0.2, 0) is 20.5 Å². The van der Waals surface area contributed by atoms with E-state index in [0.717, 1.165) is 12.8 Å². The van der Waals surface area contributed by atoms with Gasteiger partial charge in [-0.05, 0) is 36.5 Å². The Labute approximate surface area is 124 Å². The van der Waals surface area contributed by atoms with E-state index in [4.69, 9.17) is 9.84 Å². The molecule has 0 radical (unpaired) electrons. The van der Waals surface area contributed by atoms with Crippen molar-refractivity contribution < 1.29 is 23.1 Å². The summed E-state index contributed by atoms with van der Waals surface area (Å²) in [5.74, 6) is -0.846. The van der Waals surface area contributed by atoms with E-state index in [1.807, 2.05) is 0 Å². The van der Waals surface area contributed by atoms with Gasteiger partial charge < -0.3 is 9.84 Å². The number of benzene rings is 1. The molecule has 0 amide bonds. The fourth-order valence-corrected chi connectivity index (χ4v) is 3.43. The summed E-state index contributed by atoms with van der Waals surface area (Å²) in [7, 11) is -3.41. The molecule has 21 heavy (non-hydrogen) atoms. The van der Waals surface area contributed by atoms with Gasteiger partial charge in [0.15, 0.2) is 0 Å². The first kappa shape index (κ1) is 15.9. The van der Waals surface area contributed by atoms with Crippen molar-refractivity contribution in [1.82, 2.24) is 4.72 Å². The van der Waals surface area contributed by atoms with Crippen molar-refractivity contribution in [3.8, 4) is 0 Å². The molecule has 6 nitrogen and oxygen atoms in total. The predicted octanol–water partition coefficient (Wildman–Crippen LogP) is 1.23. The van der Waals surface area contributed by atoms with Gasteiger partial charge in [0.2, 0.25) is 10.0 Å². The summed E-state index contributed by atoms with van der Waals surface area (Å²) in [5, 5.41) is 8.80. The van der Waals surface area contributed by atoms with Crippen LogP contribution < -0.4 is 4.72 Å². The molecule has 1 aromatic rings. The summed E-state index contributed by atoms with van der Waals surface area (Å²) in [6.45, 7) is 1.80. The summed E-state index contributed by atoms with van der Waals surface area (Å²) >= 11 is 0. The van der Waals surface area contributed by atoms with Crippen LogP contribution in [0, 0.1) is 5.92 Å². The molecule has 1 aliphatic rings. The molecule has 2 rings (SSSR count). The third-order valence-corrected chi connectivity index (χ3v) is 4.81. The molecule has 0 saturated carbocycles. The Morgan fingerprint density at radius 1 is 1.24 bits per heavy atom. The maximum Gasteiger partial charge on any atom is 0.335 e. The SMILES string of the molecule is O=C(O)c1ccc(CS(=O)(=O)NCC2CCOCC2)cc1. The van der Waals surface area contributed by atoms with Crippen LogP contribution in [0.25, 0.3) is 0 Å². The molecule has 0 atom stereocenters. The van der Waals surface area contributed by atoms with E-state index in [2.05, 4.69) is 4.72 Å². The lowest BCUT2D eigenvalue weighted by molar-refractivity contribution is 0.0677. The van der Waals surface area contributed by atoms with E-state index in [0.29, 0.717) is 31.2 Å². The van der Waals surface area contributed by atoms with Crippen LogP contribution in [0.3, 0.4) is 0 Å². The molecule has 0 aliphatic carbocycles. The number of hydrogen-bond donors (Lipinski definition) is 2. The summed E-state index contributed by atoms with van der Waals surface area (Å²) in [4.78, 5) is 10.7. The largest absolute Gasteiger partial charge is 0.478 e. The van der Waals surface area contributed by atoms with Gasteiger partial charge in [0.05, 0.1) is 11.3 Å². The highest BCUT2D eigenvalue weighted by molar-refractivity contribution is 7.88. The van der Waals surface area contributed by atoms with Crippen LogP contribution in [0.5, 0.6) is 0 Å².